The number of hydrogen-bond acceptors (Lipinski definition) is 1. The fourth-order valence-electron chi connectivity index (χ4n) is 1.30. The Bertz CT molecular complexity index is 218. The van der Waals surface area contributed by atoms with Crippen LogP contribution in [0.4, 0.5) is 0 Å². The highest BCUT2D eigenvalue weighted by Crippen LogP contribution is 2.08. The minimum atomic E-state index is 0.747. The van der Waals surface area contributed by atoms with Gasteiger partial charge in [-0.15, -0.1) is 0 Å². The summed E-state index contributed by atoms with van der Waals surface area (Å²) in [6.07, 6.45) is 2.11. The van der Waals surface area contributed by atoms with Crippen LogP contribution in [0.5, 0.6) is 0 Å². The van der Waals surface area contributed by atoms with E-state index < -0.39 is 0 Å². The molecule has 0 bridgehead atoms. The molecule has 0 saturated heterocycles. The van der Waals surface area contributed by atoms with Gasteiger partial charge in [0.05, 0.1) is 0 Å². The number of aryl methyl sites for hydroxylation is 1. The summed E-state index contributed by atoms with van der Waals surface area (Å²) in [5.41, 5.74) is 8.31. The lowest BCUT2D eigenvalue weighted by molar-refractivity contribution is 0.939. The molecular weight excluding hydrogens is 158 g/mol. The maximum absolute atomic E-state index is 5.48. The van der Waals surface area contributed by atoms with E-state index in [1.165, 1.54) is 11.1 Å². The predicted molar refractivity (Wildman–Crippen MR) is 59.9 cm³/mol. The zero-order valence-corrected chi connectivity index (χ0v) is 9.01. The molecular formula is C12H21N. The topological polar surface area (TPSA) is 26.0 Å². The van der Waals surface area contributed by atoms with Gasteiger partial charge in [0.25, 0.3) is 0 Å². The second-order valence-electron chi connectivity index (χ2n) is 2.66. The van der Waals surface area contributed by atoms with E-state index in [1.54, 1.807) is 0 Å². The molecule has 0 radical (unpaired) electrons. The van der Waals surface area contributed by atoms with E-state index in [0.717, 1.165) is 19.4 Å². The predicted octanol–water partition coefficient (Wildman–Crippen LogP) is 2.78. The first kappa shape index (κ1) is 12.2. The first-order valence-electron chi connectivity index (χ1n) is 5.15. The van der Waals surface area contributed by atoms with Gasteiger partial charge in [0.15, 0.2) is 0 Å². The van der Waals surface area contributed by atoms with Crippen molar-refractivity contribution in [3.63, 3.8) is 0 Å². The van der Waals surface area contributed by atoms with E-state index in [2.05, 4.69) is 31.2 Å². The molecule has 0 saturated carbocycles. The molecule has 0 atom stereocenters. The van der Waals surface area contributed by atoms with Crippen molar-refractivity contribution < 1.29 is 0 Å². The van der Waals surface area contributed by atoms with Crippen LogP contribution in [-0.2, 0) is 12.8 Å². The van der Waals surface area contributed by atoms with Crippen molar-refractivity contribution in [2.45, 2.75) is 33.6 Å². The fraction of sp³-hybridized carbons (Fsp3) is 0.500. The van der Waals surface area contributed by atoms with Gasteiger partial charge in [-0.1, -0.05) is 45.0 Å². The van der Waals surface area contributed by atoms with E-state index in [9.17, 15) is 0 Å². The van der Waals surface area contributed by atoms with Crippen LogP contribution < -0.4 is 5.73 Å². The number of hydrogen-bond donors (Lipinski definition) is 1. The molecule has 0 fully saturated rings. The van der Waals surface area contributed by atoms with Crippen LogP contribution in [0.2, 0.25) is 0 Å². The lowest BCUT2D eigenvalue weighted by Gasteiger charge is -2.04. The van der Waals surface area contributed by atoms with E-state index in [-0.39, 0.29) is 0 Å². The van der Waals surface area contributed by atoms with E-state index in [4.69, 9.17) is 5.73 Å². The molecule has 1 heteroatoms. The summed E-state index contributed by atoms with van der Waals surface area (Å²) in [6.45, 7) is 6.92. The largest absolute Gasteiger partial charge is 0.330 e. The summed E-state index contributed by atoms with van der Waals surface area (Å²) in [7, 11) is 0. The molecule has 1 nitrogen and oxygen atoms in total. The summed E-state index contributed by atoms with van der Waals surface area (Å²) in [5.74, 6) is 0. The summed E-state index contributed by atoms with van der Waals surface area (Å²) >= 11 is 0. The highest BCUT2D eigenvalue weighted by atomic mass is 14.5. The van der Waals surface area contributed by atoms with E-state index in [1.807, 2.05) is 13.8 Å². The van der Waals surface area contributed by atoms with Crippen LogP contribution in [0.15, 0.2) is 24.3 Å². The average molecular weight is 179 g/mol. The summed E-state index contributed by atoms with van der Waals surface area (Å²) in [6, 6.07) is 8.49. The Hall–Kier alpha value is -0.820. The number of nitrogens with two attached hydrogens (primary N) is 1. The van der Waals surface area contributed by atoms with Crippen molar-refractivity contribution in [3.8, 4) is 0 Å². The Morgan fingerprint density at radius 1 is 1.08 bits per heavy atom. The van der Waals surface area contributed by atoms with Crippen molar-refractivity contribution in [1.82, 2.24) is 0 Å². The zero-order valence-electron chi connectivity index (χ0n) is 9.01. The maximum Gasteiger partial charge on any atom is -0.00366 e. The van der Waals surface area contributed by atoms with Crippen LogP contribution in [0.25, 0.3) is 0 Å². The SMILES string of the molecule is CC.CCc1ccccc1CCN. The molecule has 1 aromatic carbocycles. The van der Waals surface area contributed by atoms with Gasteiger partial charge in [-0.3, -0.25) is 0 Å². The lowest BCUT2D eigenvalue weighted by Crippen LogP contribution is -2.04. The van der Waals surface area contributed by atoms with Gasteiger partial charge in [-0.25, -0.2) is 0 Å². The monoisotopic (exact) mass is 179 g/mol. The molecule has 2 N–H and O–H groups in total. The molecule has 0 unspecified atom stereocenters. The molecule has 1 aromatic rings. The molecule has 0 amide bonds. The molecule has 0 aromatic heterocycles. The van der Waals surface area contributed by atoms with Crippen molar-refractivity contribution in [3.05, 3.63) is 35.4 Å². The average Bonchev–Trinajstić information content (AvgIpc) is 2.22. The Balaban J connectivity index is 0.000000671. The van der Waals surface area contributed by atoms with Crippen molar-refractivity contribution in [1.29, 1.82) is 0 Å². The smallest absolute Gasteiger partial charge is 0.00366 e. The summed E-state index contributed by atoms with van der Waals surface area (Å²) < 4.78 is 0. The standard InChI is InChI=1S/C10H15N.C2H6/c1-2-9-5-3-4-6-10(9)7-8-11;1-2/h3-6H,2,7-8,11H2,1H3;1-2H3. The van der Waals surface area contributed by atoms with Gasteiger partial charge in [0, 0.05) is 0 Å². The van der Waals surface area contributed by atoms with Gasteiger partial charge >= 0.3 is 0 Å². The van der Waals surface area contributed by atoms with Crippen LogP contribution in [-0.4, -0.2) is 6.54 Å². The second kappa shape index (κ2) is 7.81. The third-order valence-electron chi connectivity index (χ3n) is 1.91. The Morgan fingerprint density at radius 2 is 1.62 bits per heavy atom. The molecule has 0 spiro atoms. The number of rotatable bonds is 3. The van der Waals surface area contributed by atoms with Crippen LogP contribution in [0, 0.1) is 0 Å². The Morgan fingerprint density at radius 3 is 2.08 bits per heavy atom. The quantitative estimate of drug-likeness (QED) is 0.758. The van der Waals surface area contributed by atoms with Gasteiger partial charge < -0.3 is 5.73 Å². The van der Waals surface area contributed by atoms with E-state index in [0.29, 0.717) is 0 Å². The zero-order chi connectivity index (χ0) is 10.1. The molecule has 0 aliphatic carbocycles. The second-order valence-corrected chi connectivity index (χ2v) is 2.66. The molecule has 0 heterocycles. The van der Waals surface area contributed by atoms with Crippen LogP contribution in [0.3, 0.4) is 0 Å². The summed E-state index contributed by atoms with van der Waals surface area (Å²) in [4.78, 5) is 0. The highest BCUT2D eigenvalue weighted by Gasteiger charge is 1.96. The number of benzene rings is 1. The van der Waals surface area contributed by atoms with Gasteiger partial charge in [-0.05, 0) is 30.5 Å². The highest BCUT2D eigenvalue weighted by molar-refractivity contribution is 5.27. The molecule has 74 valence electrons. The minimum absolute atomic E-state index is 0.747. The molecule has 13 heavy (non-hydrogen) atoms. The van der Waals surface area contributed by atoms with Crippen LogP contribution in [0.1, 0.15) is 31.9 Å². The third-order valence-corrected chi connectivity index (χ3v) is 1.91. The third kappa shape index (κ3) is 4.09. The fourth-order valence-corrected chi connectivity index (χ4v) is 1.30. The maximum atomic E-state index is 5.48. The van der Waals surface area contributed by atoms with Gasteiger partial charge in [-0.2, -0.15) is 0 Å². The first-order valence-corrected chi connectivity index (χ1v) is 5.15. The normalized spacial score (nSPS) is 8.92. The molecule has 1 rings (SSSR count). The van der Waals surface area contributed by atoms with Gasteiger partial charge in [0.1, 0.15) is 0 Å². The first-order chi connectivity index (χ1) is 6.38. The van der Waals surface area contributed by atoms with E-state index >= 15 is 0 Å². The summed E-state index contributed by atoms with van der Waals surface area (Å²) in [5, 5.41) is 0. The van der Waals surface area contributed by atoms with Crippen molar-refractivity contribution in [2.75, 3.05) is 6.54 Å². The Kier molecular flexibility index (Phi) is 7.32. The Labute approximate surface area is 82.0 Å². The van der Waals surface area contributed by atoms with Gasteiger partial charge in [0.2, 0.25) is 0 Å². The van der Waals surface area contributed by atoms with Crippen LogP contribution >= 0.6 is 0 Å². The van der Waals surface area contributed by atoms with Crippen molar-refractivity contribution >= 4 is 0 Å². The van der Waals surface area contributed by atoms with Crippen molar-refractivity contribution in [2.24, 2.45) is 5.73 Å². The lowest BCUT2D eigenvalue weighted by atomic mass is 10.0. The minimum Gasteiger partial charge on any atom is -0.330 e. The molecule has 0 aliphatic rings. The molecule has 0 aliphatic heterocycles.